The fraction of sp³-hybridized carbons (Fsp3) is 0.368. The summed E-state index contributed by atoms with van der Waals surface area (Å²) in [5.41, 5.74) is -1.18. The van der Waals surface area contributed by atoms with Gasteiger partial charge in [0.2, 0.25) is 11.3 Å². The largest absolute Gasteiger partial charge is 0.465 e. The molecule has 0 spiro atoms. The molecule has 1 aliphatic heterocycles. The number of hydrogen-bond donors (Lipinski definition) is 0. The molecule has 2 heterocycles. The normalized spacial score (nSPS) is 15.4. The molecule has 0 bridgehead atoms. The van der Waals surface area contributed by atoms with E-state index in [0.717, 1.165) is 0 Å². The van der Waals surface area contributed by atoms with Gasteiger partial charge in [-0.1, -0.05) is 18.2 Å². The van der Waals surface area contributed by atoms with Crippen LogP contribution in [0.15, 0.2) is 24.3 Å². The van der Waals surface area contributed by atoms with E-state index in [0.29, 0.717) is 17.2 Å². The molecule has 2 aromatic rings. The molecule has 0 fully saturated rings. The molecular formula is C19H19NO6. The van der Waals surface area contributed by atoms with E-state index < -0.39 is 17.4 Å². The Morgan fingerprint density at radius 1 is 1.15 bits per heavy atom. The number of esters is 2. The highest BCUT2D eigenvalue weighted by molar-refractivity contribution is 6.14. The molecule has 7 nitrogen and oxygen atoms in total. The van der Waals surface area contributed by atoms with Crippen molar-refractivity contribution < 1.29 is 28.7 Å². The van der Waals surface area contributed by atoms with Gasteiger partial charge in [-0.15, -0.1) is 0 Å². The van der Waals surface area contributed by atoms with Crippen molar-refractivity contribution in [1.82, 2.24) is 4.57 Å². The van der Waals surface area contributed by atoms with Crippen LogP contribution in [0.1, 0.15) is 47.5 Å². The zero-order chi connectivity index (χ0) is 18.9. The van der Waals surface area contributed by atoms with Crippen molar-refractivity contribution >= 4 is 35.0 Å². The second-order valence-corrected chi connectivity index (χ2v) is 5.97. The second-order valence-electron chi connectivity index (χ2n) is 5.97. The van der Waals surface area contributed by atoms with Crippen LogP contribution in [0.4, 0.5) is 0 Å². The second kappa shape index (κ2) is 6.74. The number of hydrogen-bond acceptors (Lipinski definition) is 6. The number of benzene rings is 1. The van der Waals surface area contributed by atoms with Gasteiger partial charge in [-0.25, -0.2) is 0 Å². The number of fused-ring (bicyclic) bond motifs is 3. The minimum absolute atomic E-state index is 0.0401. The average Bonchev–Trinajstić information content (AvgIpc) is 2.98. The fourth-order valence-corrected chi connectivity index (χ4v) is 3.58. The van der Waals surface area contributed by atoms with Gasteiger partial charge in [-0.2, -0.15) is 0 Å². The van der Waals surface area contributed by atoms with Crippen molar-refractivity contribution in [3.05, 3.63) is 35.5 Å². The third-order valence-corrected chi connectivity index (χ3v) is 4.65. The molecule has 7 heteroatoms. The molecule has 1 aromatic heterocycles. The molecule has 3 rings (SSSR count). The van der Waals surface area contributed by atoms with Gasteiger partial charge < -0.3 is 9.47 Å². The van der Waals surface area contributed by atoms with Crippen LogP contribution in [0.5, 0.6) is 0 Å². The molecule has 1 aliphatic rings. The Morgan fingerprint density at radius 3 is 2.35 bits per heavy atom. The maximum atomic E-state index is 12.9. The van der Waals surface area contributed by atoms with Gasteiger partial charge in [0.25, 0.3) is 0 Å². The van der Waals surface area contributed by atoms with Gasteiger partial charge in [-0.3, -0.25) is 23.7 Å². The molecule has 0 amide bonds. The summed E-state index contributed by atoms with van der Waals surface area (Å²) in [5.74, 6) is -1.90. The molecular weight excluding hydrogens is 338 g/mol. The van der Waals surface area contributed by atoms with Crippen LogP contribution in [0, 0.1) is 0 Å². The molecule has 0 atom stereocenters. The first kappa shape index (κ1) is 17.8. The Balaban J connectivity index is 2.42. The van der Waals surface area contributed by atoms with Crippen molar-refractivity contribution in [2.45, 2.75) is 32.1 Å². The Hall–Kier alpha value is -2.96. The van der Waals surface area contributed by atoms with E-state index in [1.54, 1.807) is 38.1 Å². The molecule has 26 heavy (non-hydrogen) atoms. The van der Waals surface area contributed by atoms with Crippen molar-refractivity contribution in [3.8, 4) is 0 Å². The Labute approximate surface area is 149 Å². The van der Waals surface area contributed by atoms with Crippen molar-refractivity contribution in [1.29, 1.82) is 0 Å². The molecule has 0 radical (unpaired) electrons. The highest BCUT2D eigenvalue weighted by Gasteiger charge is 2.57. The first-order valence-corrected chi connectivity index (χ1v) is 8.49. The maximum absolute atomic E-state index is 12.9. The topological polar surface area (TPSA) is 91.7 Å². The first-order chi connectivity index (χ1) is 12.5. The van der Waals surface area contributed by atoms with Crippen LogP contribution in [0.2, 0.25) is 0 Å². The summed E-state index contributed by atoms with van der Waals surface area (Å²) in [6.45, 7) is 3.37. The molecule has 0 saturated carbocycles. The van der Waals surface area contributed by atoms with Gasteiger partial charge >= 0.3 is 11.9 Å². The predicted molar refractivity (Wildman–Crippen MR) is 92.1 cm³/mol. The Kier molecular flexibility index (Phi) is 4.63. The molecule has 1 aromatic carbocycles. The number of rotatable bonds is 5. The quantitative estimate of drug-likeness (QED) is 0.463. The summed E-state index contributed by atoms with van der Waals surface area (Å²) in [6, 6.07) is 6.81. The Bertz CT molecular complexity index is 892. The number of aldehydes is 1. The van der Waals surface area contributed by atoms with Gasteiger partial charge in [0.15, 0.2) is 6.29 Å². The lowest BCUT2D eigenvalue weighted by Crippen LogP contribution is -2.51. The monoisotopic (exact) mass is 357 g/mol. The maximum Gasteiger partial charge on any atom is 0.329 e. The van der Waals surface area contributed by atoms with Crippen molar-refractivity contribution in [2.75, 3.05) is 13.2 Å². The number of ether oxygens (including phenoxy) is 2. The zero-order valence-corrected chi connectivity index (χ0v) is 14.6. The van der Waals surface area contributed by atoms with E-state index in [4.69, 9.17) is 9.47 Å². The molecule has 0 saturated heterocycles. The predicted octanol–water partition coefficient (Wildman–Crippen LogP) is 2.25. The third-order valence-electron chi connectivity index (χ3n) is 4.65. The molecule has 0 N–H and O–H groups in total. The lowest BCUT2D eigenvalue weighted by Gasteiger charge is -2.33. The molecule has 0 aliphatic carbocycles. The average molecular weight is 357 g/mol. The Morgan fingerprint density at radius 2 is 1.77 bits per heavy atom. The van der Waals surface area contributed by atoms with Crippen LogP contribution in [0.3, 0.4) is 0 Å². The van der Waals surface area contributed by atoms with Crippen LogP contribution < -0.4 is 0 Å². The van der Waals surface area contributed by atoms with Gasteiger partial charge in [0, 0.05) is 17.4 Å². The van der Waals surface area contributed by atoms with Crippen LogP contribution >= 0.6 is 0 Å². The van der Waals surface area contributed by atoms with E-state index >= 15 is 0 Å². The summed E-state index contributed by atoms with van der Waals surface area (Å²) >= 11 is 0. The highest BCUT2D eigenvalue weighted by atomic mass is 16.6. The number of para-hydroxylation sites is 1. The van der Waals surface area contributed by atoms with Crippen LogP contribution in [-0.2, 0) is 24.5 Å². The van der Waals surface area contributed by atoms with E-state index in [1.807, 2.05) is 0 Å². The summed E-state index contributed by atoms with van der Waals surface area (Å²) in [6.07, 6.45) is 0.433. The fourth-order valence-electron chi connectivity index (χ4n) is 3.58. The zero-order valence-electron chi connectivity index (χ0n) is 14.6. The van der Waals surface area contributed by atoms with E-state index in [-0.39, 0.29) is 43.2 Å². The molecule has 0 unspecified atom stereocenters. The van der Waals surface area contributed by atoms with Crippen LogP contribution in [0.25, 0.3) is 10.9 Å². The summed E-state index contributed by atoms with van der Waals surface area (Å²) in [7, 11) is 0. The first-order valence-electron chi connectivity index (χ1n) is 8.49. The van der Waals surface area contributed by atoms with Gasteiger partial charge in [0.1, 0.15) is 0 Å². The van der Waals surface area contributed by atoms with Gasteiger partial charge in [-0.05, 0) is 26.3 Å². The number of nitrogens with zero attached hydrogens (tertiary/aromatic N) is 1. The van der Waals surface area contributed by atoms with E-state index in [9.17, 15) is 19.2 Å². The van der Waals surface area contributed by atoms with E-state index in [2.05, 4.69) is 0 Å². The minimum atomic E-state index is -1.84. The SMILES string of the molecule is CCOC(=O)C1(C(=O)OCC)CCC(=O)n2c1c(C=O)c1ccccc12. The third kappa shape index (κ3) is 2.34. The standard InChI is InChI=1S/C19H19NO6/c1-3-25-17(23)19(18(24)26-4-2)10-9-15(22)20-14-8-6-5-7-12(14)13(11-21)16(19)20/h5-8,11H,3-4,9-10H2,1-2H3. The summed E-state index contributed by atoms with van der Waals surface area (Å²) < 4.78 is 11.6. The summed E-state index contributed by atoms with van der Waals surface area (Å²) in [4.78, 5) is 50.3. The van der Waals surface area contributed by atoms with Crippen molar-refractivity contribution in [2.24, 2.45) is 0 Å². The van der Waals surface area contributed by atoms with Crippen molar-refractivity contribution in [3.63, 3.8) is 0 Å². The lowest BCUT2D eigenvalue weighted by atomic mass is 9.76. The van der Waals surface area contributed by atoms with Crippen LogP contribution in [-0.4, -0.2) is 41.9 Å². The smallest absolute Gasteiger partial charge is 0.329 e. The lowest BCUT2D eigenvalue weighted by molar-refractivity contribution is -0.165. The number of aromatic nitrogens is 1. The highest BCUT2D eigenvalue weighted by Crippen LogP contribution is 2.42. The number of carbonyl (C=O) groups excluding carboxylic acids is 4. The summed E-state index contributed by atoms with van der Waals surface area (Å²) in [5, 5.41) is 0.505. The van der Waals surface area contributed by atoms with Gasteiger partial charge in [0.05, 0.1) is 24.4 Å². The number of carbonyl (C=O) groups is 4. The van der Waals surface area contributed by atoms with E-state index in [1.165, 1.54) is 4.57 Å². The molecule has 136 valence electrons. The minimum Gasteiger partial charge on any atom is -0.465 e.